The van der Waals surface area contributed by atoms with E-state index in [9.17, 15) is 8.42 Å². The van der Waals surface area contributed by atoms with Crippen LogP contribution in [-0.4, -0.2) is 64.5 Å². The van der Waals surface area contributed by atoms with Gasteiger partial charge in [0.15, 0.2) is 0 Å². The summed E-state index contributed by atoms with van der Waals surface area (Å²) in [4.78, 5) is 5.07. The Hall–Kier alpha value is -2.24. The SMILES string of the molecule is CN1CCN(CC2(CNS(=O)(=O)c3ccc(-c4cccc(C#N)c4)cc3)CC2)CC1. The maximum absolute atomic E-state index is 12.8. The molecule has 4 rings (SSSR count). The molecule has 0 aromatic heterocycles. The molecule has 30 heavy (non-hydrogen) atoms. The van der Waals surface area contributed by atoms with Gasteiger partial charge >= 0.3 is 0 Å². The van der Waals surface area contributed by atoms with E-state index < -0.39 is 10.0 Å². The third kappa shape index (κ3) is 4.90. The summed E-state index contributed by atoms with van der Waals surface area (Å²) in [5.74, 6) is 0. The van der Waals surface area contributed by atoms with Crippen molar-refractivity contribution in [1.29, 1.82) is 5.26 Å². The number of benzene rings is 2. The molecule has 0 bridgehead atoms. The summed E-state index contributed by atoms with van der Waals surface area (Å²) in [6.45, 7) is 5.72. The molecule has 0 radical (unpaired) electrons. The van der Waals surface area contributed by atoms with Crippen LogP contribution in [0.4, 0.5) is 0 Å². The Kier molecular flexibility index (Phi) is 5.94. The van der Waals surface area contributed by atoms with E-state index in [0.29, 0.717) is 12.1 Å². The number of likely N-dealkylation sites (N-methyl/N-ethyl adjacent to an activating group) is 1. The molecule has 1 saturated heterocycles. The van der Waals surface area contributed by atoms with Crippen molar-refractivity contribution in [3.8, 4) is 17.2 Å². The van der Waals surface area contributed by atoms with Gasteiger partial charge in [0.25, 0.3) is 0 Å². The molecule has 2 aliphatic rings. The summed E-state index contributed by atoms with van der Waals surface area (Å²) < 4.78 is 28.5. The molecule has 2 fully saturated rings. The second-order valence-electron chi connectivity index (χ2n) is 8.62. The van der Waals surface area contributed by atoms with E-state index in [1.54, 1.807) is 36.4 Å². The van der Waals surface area contributed by atoms with Crippen molar-refractivity contribution in [1.82, 2.24) is 14.5 Å². The van der Waals surface area contributed by atoms with Crippen LogP contribution >= 0.6 is 0 Å². The van der Waals surface area contributed by atoms with Crippen molar-refractivity contribution in [2.75, 3.05) is 46.3 Å². The molecule has 1 aliphatic heterocycles. The highest BCUT2D eigenvalue weighted by Gasteiger charge is 2.44. The molecule has 7 heteroatoms. The Bertz CT molecular complexity index is 1030. The number of nitrogens with one attached hydrogen (secondary N) is 1. The minimum Gasteiger partial charge on any atom is -0.304 e. The normalized spacial score (nSPS) is 19.3. The van der Waals surface area contributed by atoms with E-state index in [4.69, 9.17) is 5.26 Å². The minimum atomic E-state index is -3.54. The van der Waals surface area contributed by atoms with Gasteiger partial charge in [-0.2, -0.15) is 5.26 Å². The lowest BCUT2D eigenvalue weighted by molar-refractivity contribution is 0.131. The number of hydrogen-bond acceptors (Lipinski definition) is 5. The molecule has 0 unspecified atom stereocenters. The highest BCUT2D eigenvalue weighted by molar-refractivity contribution is 7.89. The maximum Gasteiger partial charge on any atom is 0.240 e. The van der Waals surface area contributed by atoms with Gasteiger partial charge in [0, 0.05) is 39.3 Å². The molecule has 2 aromatic rings. The van der Waals surface area contributed by atoms with Gasteiger partial charge in [-0.15, -0.1) is 0 Å². The van der Waals surface area contributed by atoms with Gasteiger partial charge < -0.3 is 9.80 Å². The first-order valence-electron chi connectivity index (χ1n) is 10.4. The monoisotopic (exact) mass is 424 g/mol. The van der Waals surface area contributed by atoms with Crippen molar-refractivity contribution in [2.45, 2.75) is 17.7 Å². The summed E-state index contributed by atoms with van der Waals surface area (Å²) in [5.41, 5.74) is 2.46. The van der Waals surface area contributed by atoms with Crippen LogP contribution < -0.4 is 4.72 Å². The van der Waals surface area contributed by atoms with Crippen LogP contribution in [0.25, 0.3) is 11.1 Å². The summed E-state index contributed by atoms with van der Waals surface area (Å²) in [7, 11) is -1.40. The molecule has 6 nitrogen and oxygen atoms in total. The largest absolute Gasteiger partial charge is 0.304 e. The van der Waals surface area contributed by atoms with Gasteiger partial charge in [-0.05, 0) is 60.7 Å². The topological polar surface area (TPSA) is 76.4 Å². The molecule has 1 heterocycles. The number of rotatable bonds is 7. The Morgan fingerprint density at radius 1 is 1.03 bits per heavy atom. The van der Waals surface area contributed by atoms with Crippen LogP contribution in [0, 0.1) is 16.7 Å². The molecule has 158 valence electrons. The fraction of sp³-hybridized carbons (Fsp3) is 0.435. The van der Waals surface area contributed by atoms with Crippen LogP contribution in [0.3, 0.4) is 0 Å². The van der Waals surface area contributed by atoms with Crippen LogP contribution in [-0.2, 0) is 10.0 Å². The van der Waals surface area contributed by atoms with Crippen molar-refractivity contribution in [3.05, 3.63) is 54.1 Å². The second kappa shape index (κ2) is 8.48. The number of nitrogens with zero attached hydrogens (tertiary/aromatic N) is 3. The average molecular weight is 425 g/mol. The van der Waals surface area contributed by atoms with Crippen LogP contribution in [0.5, 0.6) is 0 Å². The van der Waals surface area contributed by atoms with Gasteiger partial charge in [-0.3, -0.25) is 0 Å². The molecule has 1 saturated carbocycles. The second-order valence-corrected chi connectivity index (χ2v) is 10.4. The number of sulfonamides is 1. The van der Waals surface area contributed by atoms with E-state index in [-0.39, 0.29) is 10.3 Å². The maximum atomic E-state index is 12.8. The van der Waals surface area contributed by atoms with E-state index in [2.05, 4.69) is 27.6 Å². The van der Waals surface area contributed by atoms with Gasteiger partial charge in [0.2, 0.25) is 10.0 Å². The van der Waals surface area contributed by atoms with Gasteiger partial charge in [0.05, 0.1) is 16.5 Å². The van der Waals surface area contributed by atoms with Crippen molar-refractivity contribution < 1.29 is 8.42 Å². The fourth-order valence-electron chi connectivity index (χ4n) is 3.97. The molecule has 0 amide bonds. The Morgan fingerprint density at radius 3 is 2.37 bits per heavy atom. The molecule has 2 aromatic carbocycles. The lowest BCUT2D eigenvalue weighted by Crippen LogP contribution is -2.47. The van der Waals surface area contributed by atoms with Gasteiger partial charge in [-0.1, -0.05) is 24.3 Å². The first-order chi connectivity index (χ1) is 14.4. The van der Waals surface area contributed by atoms with Crippen molar-refractivity contribution >= 4 is 10.0 Å². The van der Waals surface area contributed by atoms with E-state index >= 15 is 0 Å². The fourth-order valence-corrected chi connectivity index (χ4v) is 5.13. The summed E-state index contributed by atoms with van der Waals surface area (Å²) in [5, 5.41) is 9.06. The van der Waals surface area contributed by atoms with Gasteiger partial charge in [0.1, 0.15) is 0 Å². The Balaban J connectivity index is 1.38. The molecule has 0 atom stereocenters. The van der Waals surface area contributed by atoms with Gasteiger partial charge in [-0.25, -0.2) is 13.1 Å². The van der Waals surface area contributed by atoms with Crippen LogP contribution in [0.15, 0.2) is 53.4 Å². The van der Waals surface area contributed by atoms with Crippen LogP contribution in [0.1, 0.15) is 18.4 Å². The average Bonchev–Trinajstić information content (AvgIpc) is 3.54. The van der Waals surface area contributed by atoms with Crippen molar-refractivity contribution in [3.63, 3.8) is 0 Å². The zero-order valence-corrected chi connectivity index (χ0v) is 18.2. The predicted molar refractivity (Wildman–Crippen MR) is 117 cm³/mol. The molecular weight excluding hydrogens is 396 g/mol. The molecule has 1 N–H and O–H groups in total. The number of nitriles is 1. The molecule has 0 spiro atoms. The Labute approximate surface area is 179 Å². The third-order valence-electron chi connectivity index (χ3n) is 6.24. The number of piperazine rings is 1. The van der Waals surface area contributed by atoms with Crippen molar-refractivity contribution in [2.24, 2.45) is 5.41 Å². The highest BCUT2D eigenvalue weighted by atomic mass is 32.2. The van der Waals surface area contributed by atoms with Crippen LogP contribution in [0.2, 0.25) is 0 Å². The van der Waals surface area contributed by atoms with E-state index in [1.165, 1.54) is 0 Å². The third-order valence-corrected chi connectivity index (χ3v) is 7.66. The summed E-state index contributed by atoms with van der Waals surface area (Å²) >= 11 is 0. The molecular formula is C23H28N4O2S. The highest BCUT2D eigenvalue weighted by Crippen LogP contribution is 2.46. The summed E-state index contributed by atoms with van der Waals surface area (Å²) in [6, 6.07) is 16.3. The first-order valence-corrected chi connectivity index (χ1v) is 11.9. The Morgan fingerprint density at radius 2 is 1.73 bits per heavy atom. The smallest absolute Gasteiger partial charge is 0.240 e. The quantitative estimate of drug-likeness (QED) is 0.739. The number of hydrogen-bond donors (Lipinski definition) is 1. The lowest BCUT2D eigenvalue weighted by atomic mass is 10.0. The standard InChI is InChI=1S/C23H28N4O2S/c1-26-11-13-27(14-12-26)18-23(9-10-23)17-25-30(28,29)22-7-5-20(6-8-22)21-4-2-3-19(15-21)16-24/h2-8,15,25H,9-14,17-18H2,1H3. The predicted octanol–water partition coefficient (Wildman–Crippen LogP) is 2.53. The minimum absolute atomic E-state index is 0.0840. The van der Waals surface area contributed by atoms with E-state index in [1.807, 2.05) is 12.1 Å². The molecule has 1 aliphatic carbocycles. The van der Waals surface area contributed by atoms with E-state index in [0.717, 1.165) is 56.7 Å². The zero-order chi connectivity index (χ0) is 21.2. The summed E-state index contributed by atoms with van der Waals surface area (Å²) in [6.07, 6.45) is 2.16. The zero-order valence-electron chi connectivity index (χ0n) is 17.3. The first kappa shape index (κ1) is 21.0. The lowest BCUT2D eigenvalue weighted by Gasteiger charge is -2.34.